The van der Waals surface area contributed by atoms with Gasteiger partial charge in [-0.25, -0.2) is 13.2 Å². The fourth-order valence-corrected chi connectivity index (χ4v) is 5.47. The Morgan fingerprint density at radius 2 is 2.00 bits per heavy atom. The second kappa shape index (κ2) is 9.57. The van der Waals surface area contributed by atoms with Gasteiger partial charge in [-0.05, 0) is 35.1 Å². The van der Waals surface area contributed by atoms with Gasteiger partial charge >= 0.3 is 65.1 Å². The maximum atomic E-state index is 12.5. The van der Waals surface area contributed by atoms with Crippen molar-refractivity contribution in [2.24, 2.45) is 0 Å². The predicted molar refractivity (Wildman–Crippen MR) is 97.1 cm³/mol. The largest absolute Gasteiger partial charge is 1.00 e. The molecule has 2 amide bonds. The van der Waals surface area contributed by atoms with E-state index in [0.717, 1.165) is 27.3 Å². The number of hydrogen-bond donors (Lipinski definition) is 1. The standard InChI is InChI=1S/C17H17N3O6S2.2Na/c1-2-9-5-3-4-6-10(9)13-7-11-12-8-19(14(16(18)21)15(11)27-13)17(22)20(12)26-28(23,24)25;;/h3-7,12,14H,2,8H2,1H3,(H2,18,21)(H,23,24,25);;/q;2*+1/p-2/t12-,14+;;/m1../s1. The number of nitrogens with one attached hydrogen (secondary N) is 1. The van der Waals surface area contributed by atoms with E-state index in [1.807, 2.05) is 31.2 Å². The fraction of sp³-hybridized carbons (Fsp3) is 0.294. The molecule has 1 fully saturated rings. The minimum Gasteiger partial charge on any atom is -0.860 e. The maximum Gasteiger partial charge on any atom is 1.00 e. The summed E-state index contributed by atoms with van der Waals surface area (Å²) in [5.41, 5.74) is 2.57. The molecule has 4 rings (SSSR count). The molecule has 2 aromatic rings. The number of carbonyl (C=O) groups is 1. The van der Waals surface area contributed by atoms with Crippen LogP contribution in [0.5, 0.6) is 0 Å². The summed E-state index contributed by atoms with van der Waals surface area (Å²) < 4.78 is 37.6. The van der Waals surface area contributed by atoms with Crippen LogP contribution >= 0.6 is 11.3 Å². The van der Waals surface area contributed by atoms with E-state index in [1.165, 1.54) is 11.3 Å². The molecule has 0 spiro atoms. The van der Waals surface area contributed by atoms with Crippen LogP contribution in [0.1, 0.15) is 35.0 Å². The average Bonchev–Trinajstić information content (AvgIpc) is 3.17. The molecule has 0 saturated carbocycles. The molecule has 30 heavy (non-hydrogen) atoms. The predicted octanol–water partition coefficient (Wildman–Crippen LogP) is -4.45. The molecule has 1 N–H and O–H groups in total. The Hall–Kier alpha value is -0.470. The van der Waals surface area contributed by atoms with Crippen molar-refractivity contribution in [3.63, 3.8) is 0 Å². The van der Waals surface area contributed by atoms with E-state index in [1.54, 1.807) is 6.07 Å². The number of fused-ring (bicyclic) bond motifs is 4. The van der Waals surface area contributed by atoms with Gasteiger partial charge in [-0.3, -0.25) is 0 Å². The summed E-state index contributed by atoms with van der Waals surface area (Å²) in [5.74, 6) is -0.989. The number of hydroxylamine groups is 2. The van der Waals surface area contributed by atoms with Crippen molar-refractivity contribution >= 4 is 33.7 Å². The van der Waals surface area contributed by atoms with Gasteiger partial charge < -0.3 is 20.0 Å². The van der Waals surface area contributed by atoms with Gasteiger partial charge in [0.1, 0.15) is 6.04 Å². The van der Waals surface area contributed by atoms with Gasteiger partial charge in [-0.15, -0.1) is 11.3 Å². The van der Waals surface area contributed by atoms with Crippen molar-refractivity contribution in [1.82, 2.24) is 9.96 Å². The molecule has 0 unspecified atom stereocenters. The van der Waals surface area contributed by atoms with Crippen molar-refractivity contribution in [1.29, 1.82) is 5.41 Å². The van der Waals surface area contributed by atoms with Crippen molar-refractivity contribution < 1.29 is 86.3 Å². The summed E-state index contributed by atoms with van der Waals surface area (Å²) in [5, 5.41) is 20.1. The van der Waals surface area contributed by atoms with Crippen LogP contribution in [0, 0.1) is 5.41 Å². The van der Waals surface area contributed by atoms with Crippen LogP contribution in [0.3, 0.4) is 0 Å². The Labute approximate surface area is 222 Å². The van der Waals surface area contributed by atoms with Crippen LogP contribution in [-0.4, -0.2) is 41.4 Å². The van der Waals surface area contributed by atoms with Gasteiger partial charge in [0.05, 0.1) is 12.6 Å². The number of rotatable bonds is 5. The molecule has 13 heteroatoms. The van der Waals surface area contributed by atoms with Crippen LogP contribution < -0.4 is 64.2 Å². The number of nitrogens with zero attached hydrogens (tertiary/aromatic N) is 2. The minimum atomic E-state index is -5.18. The summed E-state index contributed by atoms with van der Waals surface area (Å²) in [6, 6.07) is 6.59. The normalized spacial score (nSPS) is 19.7. The third-order valence-corrected chi connectivity index (χ3v) is 6.46. The molecular weight excluding hydrogens is 452 g/mol. The average molecular weight is 467 g/mol. The molecule has 2 aliphatic heterocycles. The summed E-state index contributed by atoms with van der Waals surface area (Å²) in [6.07, 6.45) is 0.789. The number of urea groups is 1. The summed E-state index contributed by atoms with van der Waals surface area (Å²) >= 11 is 1.28. The monoisotopic (exact) mass is 467 g/mol. The number of aryl methyl sites for hydroxylation is 1. The van der Waals surface area contributed by atoms with Crippen molar-refractivity contribution in [3.05, 3.63) is 46.3 Å². The van der Waals surface area contributed by atoms with Crippen LogP contribution in [0.15, 0.2) is 30.3 Å². The van der Waals surface area contributed by atoms with E-state index < -0.39 is 34.4 Å². The van der Waals surface area contributed by atoms with Crippen molar-refractivity contribution in [2.45, 2.75) is 25.4 Å². The SMILES string of the molecule is CCc1ccccc1-c1cc2c(s1)[C@@H](C(=N)[O-])N1C[C@H]2N(OS(=O)(=O)[O-])C1=O.[Na+].[Na+]. The van der Waals surface area contributed by atoms with Gasteiger partial charge in [-0.1, -0.05) is 31.2 Å². The Balaban J connectivity index is 0.00000160. The van der Waals surface area contributed by atoms with Gasteiger partial charge in [0.15, 0.2) is 0 Å². The maximum absolute atomic E-state index is 12.5. The Bertz CT molecular complexity index is 1090. The molecule has 0 radical (unpaired) electrons. The molecule has 9 nitrogen and oxygen atoms in total. The minimum absolute atomic E-state index is 0. The van der Waals surface area contributed by atoms with E-state index in [9.17, 15) is 22.9 Å². The van der Waals surface area contributed by atoms with Gasteiger partial charge in [0, 0.05) is 9.75 Å². The molecule has 1 aromatic carbocycles. The number of thiophene rings is 1. The van der Waals surface area contributed by atoms with Crippen molar-refractivity contribution in [3.8, 4) is 10.4 Å². The summed E-state index contributed by atoms with van der Waals surface area (Å²) in [4.78, 5) is 14.9. The molecular formula is C17H15N3Na2O6S2. The quantitative estimate of drug-likeness (QED) is 0.155. The van der Waals surface area contributed by atoms with Gasteiger partial charge in [0.2, 0.25) is 10.4 Å². The van der Waals surface area contributed by atoms with Crippen molar-refractivity contribution in [2.75, 3.05) is 6.54 Å². The Morgan fingerprint density at radius 3 is 2.60 bits per heavy atom. The molecule has 0 aliphatic carbocycles. The molecule has 2 atom stereocenters. The smallest absolute Gasteiger partial charge is 0.860 e. The third-order valence-electron chi connectivity index (χ3n) is 4.88. The number of carbonyl (C=O) groups excluding carboxylic acids is 1. The molecule has 148 valence electrons. The fourth-order valence-electron chi connectivity index (χ4n) is 3.72. The first-order valence-electron chi connectivity index (χ1n) is 8.44. The Kier molecular flexibility index (Phi) is 8.23. The topological polar surface area (TPSA) is 137 Å². The van der Waals surface area contributed by atoms with E-state index in [-0.39, 0.29) is 65.7 Å². The van der Waals surface area contributed by atoms with Crippen LogP contribution in [0.4, 0.5) is 4.79 Å². The van der Waals surface area contributed by atoms with E-state index in [0.29, 0.717) is 15.5 Å². The second-order valence-corrected chi connectivity index (χ2v) is 8.52. The first kappa shape index (κ1) is 25.8. The first-order valence-corrected chi connectivity index (χ1v) is 10.6. The number of benzene rings is 1. The van der Waals surface area contributed by atoms with E-state index >= 15 is 0 Å². The zero-order valence-electron chi connectivity index (χ0n) is 16.6. The van der Waals surface area contributed by atoms with Gasteiger partial charge in [-0.2, -0.15) is 9.35 Å². The third kappa shape index (κ3) is 4.51. The second-order valence-electron chi connectivity index (χ2n) is 6.47. The first-order chi connectivity index (χ1) is 13.2. The zero-order chi connectivity index (χ0) is 20.2. The number of amides is 2. The Morgan fingerprint density at radius 1 is 1.33 bits per heavy atom. The molecule has 2 aliphatic rings. The van der Waals surface area contributed by atoms with Crippen LogP contribution in [0.2, 0.25) is 0 Å². The van der Waals surface area contributed by atoms with E-state index in [4.69, 9.17) is 5.41 Å². The van der Waals surface area contributed by atoms with Gasteiger partial charge in [0.25, 0.3) is 0 Å². The molecule has 1 saturated heterocycles. The molecule has 2 bridgehead atoms. The molecule has 3 heterocycles. The number of hydrogen-bond acceptors (Lipinski definition) is 8. The van der Waals surface area contributed by atoms with Crippen LogP contribution in [0.25, 0.3) is 10.4 Å². The van der Waals surface area contributed by atoms with E-state index in [2.05, 4.69) is 4.28 Å². The molecule has 1 aromatic heterocycles. The summed E-state index contributed by atoms with van der Waals surface area (Å²) in [6.45, 7) is 1.98. The van der Waals surface area contributed by atoms with Crippen LogP contribution in [-0.2, 0) is 21.1 Å². The summed E-state index contributed by atoms with van der Waals surface area (Å²) in [7, 11) is -5.18. The zero-order valence-corrected chi connectivity index (χ0v) is 22.2.